The number of phenols is 1. The van der Waals surface area contributed by atoms with Crippen LogP contribution in [0.3, 0.4) is 0 Å². The van der Waals surface area contributed by atoms with Gasteiger partial charge in [0, 0.05) is 61.7 Å². The number of hydrogen-bond acceptors (Lipinski definition) is 5. The van der Waals surface area contributed by atoms with Crippen LogP contribution in [0.2, 0.25) is 0 Å². The second-order valence-electron chi connectivity index (χ2n) is 18.3. The van der Waals surface area contributed by atoms with Crippen molar-refractivity contribution < 1.29 is 13.9 Å². The summed E-state index contributed by atoms with van der Waals surface area (Å²) >= 11 is 0. The molecule has 0 atom stereocenters. The van der Waals surface area contributed by atoms with Crippen molar-refractivity contribution in [2.24, 2.45) is 0 Å². The highest BCUT2D eigenvalue weighted by Gasteiger charge is 2.24. The molecule has 0 saturated carbocycles. The van der Waals surface area contributed by atoms with E-state index >= 15 is 0 Å². The lowest BCUT2D eigenvalue weighted by molar-refractivity contribution is 0.473. The van der Waals surface area contributed by atoms with Crippen LogP contribution in [0, 0.1) is 13.8 Å². The van der Waals surface area contributed by atoms with Crippen LogP contribution in [0.1, 0.15) is 11.1 Å². The second-order valence-corrected chi connectivity index (χ2v) is 18.3. The Hall–Kier alpha value is -9.32. The van der Waals surface area contributed by atoms with E-state index in [2.05, 4.69) is 223 Å². The summed E-state index contributed by atoms with van der Waals surface area (Å²) in [5, 5.41) is 17.7. The smallest absolute Gasteiger partial charge is 0.159 e. The summed E-state index contributed by atoms with van der Waals surface area (Å²) in [6, 6.07) is 82.9. The molecule has 0 amide bonds. The molecule has 0 unspecified atom stereocenters. The molecule has 71 heavy (non-hydrogen) atoms. The van der Waals surface area contributed by atoms with Gasteiger partial charge in [-0.3, -0.25) is 0 Å². The van der Waals surface area contributed by atoms with Gasteiger partial charge in [-0.05, 0) is 113 Å². The van der Waals surface area contributed by atoms with Gasteiger partial charge in [0.05, 0.1) is 17.1 Å². The van der Waals surface area contributed by atoms with E-state index in [-0.39, 0.29) is 5.75 Å². The monoisotopic (exact) mass is 914 g/mol. The molecule has 2 heterocycles. The molecular formula is C66H46N2O3. The first-order valence-electron chi connectivity index (χ1n) is 24.0. The van der Waals surface area contributed by atoms with Gasteiger partial charge in [-0.2, -0.15) is 0 Å². The van der Waals surface area contributed by atoms with Gasteiger partial charge in [0.2, 0.25) is 0 Å². The summed E-state index contributed by atoms with van der Waals surface area (Å²) in [4.78, 5) is 4.59. The lowest BCUT2D eigenvalue weighted by Gasteiger charge is -2.28. The molecule has 0 bridgehead atoms. The Kier molecular flexibility index (Phi) is 10.0. The first-order valence-corrected chi connectivity index (χ1v) is 24.0. The molecule has 2 aromatic heterocycles. The largest absolute Gasteiger partial charge is 0.507 e. The van der Waals surface area contributed by atoms with E-state index in [1.54, 1.807) is 0 Å². The maximum atomic E-state index is 11.3. The number of para-hydroxylation sites is 3. The molecule has 0 aliphatic rings. The van der Waals surface area contributed by atoms with E-state index in [1.165, 1.54) is 0 Å². The van der Waals surface area contributed by atoms with Crippen LogP contribution in [0.15, 0.2) is 245 Å². The average Bonchev–Trinajstić information content (AvgIpc) is 4.00. The lowest BCUT2D eigenvalue weighted by atomic mass is 9.98. The topological polar surface area (TPSA) is 53.0 Å². The number of rotatable bonds is 9. The van der Waals surface area contributed by atoms with Crippen molar-refractivity contribution in [1.29, 1.82) is 0 Å². The Morgan fingerprint density at radius 3 is 1.55 bits per heavy atom. The number of fused-ring (bicyclic) bond motifs is 8. The molecule has 0 fully saturated rings. The summed E-state index contributed by atoms with van der Waals surface area (Å²) in [6.07, 6.45) is 0. The Bertz CT molecular complexity index is 4140. The van der Waals surface area contributed by atoms with Crippen molar-refractivity contribution in [3.63, 3.8) is 0 Å². The standard InChI is InChI=1S/C66H46N2O3/c1-42-15-11-25-53(64(42)69)48-21-13-22-51(39-48)68(50-35-31-47(32-36-50)45-19-7-4-8-20-45)60-41-62-63(55-24-10-9-23-54(55)60)58-38-37-52(40-61(58)70-62)67(49-33-29-46(30-34-49)44-17-5-3-6-18-44)59-28-14-27-57-56-26-12-16-43(2)65(56)71-66(57)59/h3-41,69H,1-2H3. The van der Waals surface area contributed by atoms with Gasteiger partial charge in [0.15, 0.2) is 5.58 Å². The van der Waals surface area contributed by atoms with Crippen molar-refractivity contribution in [1.82, 2.24) is 0 Å². The summed E-state index contributed by atoms with van der Waals surface area (Å²) in [5.74, 6) is 0.282. The average molecular weight is 915 g/mol. The minimum absolute atomic E-state index is 0.282. The first-order chi connectivity index (χ1) is 34.9. The zero-order chi connectivity index (χ0) is 47.6. The number of aromatic hydroxyl groups is 1. The molecule has 0 spiro atoms. The predicted octanol–water partition coefficient (Wildman–Crippen LogP) is 18.9. The van der Waals surface area contributed by atoms with Crippen LogP contribution in [-0.2, 0) is 0 Å². The van der Waals surface area contributed by atoms with Crippen molar-refractivity contribution in [3.05, 3.63) is 248 Å². The van der Waals surface area contributed by atoms with E-state index < -0.39 is 0 Å². The molecule has 13 aromatic rings. The summed E-state index contributed by atoms with van der Waals surface area (Å²) < 4.78 is 13.9. The van der Waals surface area contributed by atoms with E-state index in [1.807, 2.05) is 37.3 Å². The van der Waals surface area contributed by atoms with Crippen LogP contribution < -0.4 is 9.80 Å². The minimum Gasteiger partial charge on any atom is -0.507 e. The molecule has 1 N–H and O–H groups in total. The quantitative estimate of drug-likeness (QED) is 0.156. The predicted molar refractivity (Wildman–Crippen MR) is 295 cm³/mol. The molecule has 0 aliphatic carbocycles. The Morgan fingerprint density at radius 1 is 0.324 bits per heavy atom. The van der Waals surface area contributed by atoms with Crippen molar-refractivity contribution in [2.45, 2.75) is 13.8 Å². The minimum atomic E-state index is 0.282. The van der Waals surface area contributed by atoms with Gasteiger partial charge in [-0.15, -0.1) is 0 Å². The van der Waals surface area contributed by atoms with Crippen LogP contribution in [0.5, 0.6) is 5.75 Å². The van der Waals surface area contributed by atoms with E-state index in [4.69, 9.17) is 8.83 Å². The third-order valence-corrected chi connectivity index (χ3v) is 14.0. The highest BCUT2D eigenvalue weighted by molar-refractivity contribution is 6.23. The van der Waals surface area contributed by atoms with Gasteiger partial charge in [-0.1, -0.05) is 170 Å². The van der Waals surface area contributed by atoms with Crippen LogP contribution in [0.4, 0.5) is 34.1 Å². The van der Waals surface area contributed by atoms with E-state index in [0.717, 1.165) is 133 Å². The maximum absolute atomic E-state index is 11.3. The number of nitrogens with zero attached hydrogens (tertiary/aromatic N) is 2. The van der Waals surface area contributed by atoms with Crippen LogP contribution in [0.25, 0.3) is 88.0 Å². The highest BCUT2D eigenvalue weighted by Crippen LogP contribution is 2.48. The van der Waals surface area contributed by atoms with Crippen molar-refractivity contribution in [3.8, 4) is 39.1 Å². The van der Waals surface area contributed by atoms with Crippen molar-refractivity contribution in [2.75, 3.05) is 9.80 Å². The summed E-state index contributed by atoms with van der Waals surface area (Å²) in [5.41, 5.74) is 17.3. The molecule has 0 radical (unpaired) electrons. The van der Waals surface area contributed by atoms with Gasteiger partial charge >= 0.3 is 0 Å². The molecular weight excluding hydrogens is 869 g/mol. The Balaban J connectivity index is 1.00. The fourth-order valence-corrected chi connectivity index (χ4v) is 10.5. The first kappa shape index (κ1) is 41.8. The number of furan rings is 2. The van der Waals surface area contributed by atoms with Gasteiger partial charge < -0.3 is 23.7 Å². The SMILES string of the molecule is Cc1cccc(-c2cccc(N(c3ccc(-c4ccccc4)cc3)c3cc4oc5cc(N(c6ccc(-c7ccccc7)cc6)c6cccc7c6oc6c(C)cccc67)ccc5c4c4ccccc34)c2)c1O. The zero-order valence-corrected chi connectivity index (χ0v) is 39.2. The zero-order valence-electron chi connectivity index (χ0n) is 39.2. The number of aryl methyl sites for hydroxylation is 2. The molecule has 0 saturated heterocycles. The third kappa shape index (κ3) is 7.17. The number of benzene rings is 11. The fraction of sp³-hybridized carbons (Fsp3) is 0.0303. The molecule has 11 aromatic carbocycles. The van der Waals surface area contributed by atoms with Gasteiger partial charge in [0.1, 0.15) is 22.5 Å². The van der Waals surface area contributed by atoms with Crippen molar-refractivity contribution >= 4 is 88.8 Å². The number of anilines is 6. The maximum Gasteiger partial charge on any atom is 0.159 e. The van der Waals surface area contributed by atoms with Crippen LogP contribution >= 0.6 is 0 Å². The molecule has 0 aliphatic heterocycles. The molecule has 338 valence electrons. The van der Waals surface area contributed by atoms with Gasteiger partial charge in [0.25, 0.3) is 0 Å². The van der Waals surface area contributed by atoms with Gasteiger partial charge in [-0.25, -0.2) is 0 Å². The highest BCUT2D eigenvalue weighted by atomic mass is 16.3. The summed E-state index contributed by atoms with van der Waals surface area (Å²) in [7, 11) is 0. The normalized spacial score (nSPS) is 11.6. The lowest BCUT2D eigenvalue weighted by Crippen LogP contribution is -2.10. The molecule has 5 heteroatoms. The Morgan fingerprint density at radius 2 is 0.845 bits per heavy atom. The third-order valence-electron chi connectivity index (χ3n) is 14.0. The Labute approximate surface area is 411 Å². The number of hydrogen-bond donors (Lipinski definition) is 1. The van der Waals surface area contributed by atoms with E-state index in [9.17, 15) is 5.11 Å². The van der Waals surface area contributed by atoms with Crippen LogP contribution in [-0.4, -0.2) is 5.11 Å². The number of phenolic OH excluding ortho intramolecular Hbond substituents is 1. The second kappa shape index (κ2) is 17.0. The summed E-state index contributed by atoms with van der Waals surface area (Å²) in [6.45, 7) is 4.04. The molecule has 5 nitrogen and oxygen atoms in total. The van der Waals surface area contributed by atoms with E-state index in [0.29, 0.717) is 0 Å². The fourth-order valence-electron chi connectivity index (χ4n) is 10.5. The molecule has 13 rings (SSSR count).